The van der Waals surface area contributed by atoms with Gasteiger partial charge in [0.25, 0.3) is 0 Å². The first-order valence-electron chi connectivity index (χ1n) is 9.03. The van der Waals surface area contributed by atoms with Gasteiger partial charge in [-0.15, -0.1) is 0 Å². The smallest absolute Gasteiger partial charge is 0.346 e. The molecule has 1 fully saturated rings. The average Bonchev–Trinajstić information content (AvgIpc) is 3.17. The van der Waals surface area contributed by atoms with E-state index < -0.39 is 9.84 Å². The minimum Gasteiger partial charge on any atom is -0.492 e. The first-order chi connectivity index (χ1) is 12.8. The van der Waals surface area contributed by atoms with E-state index in [0.29, 0.717) is 30.6 Å². The zero-order valence-corrected chi connectivity index (χ0v) is 16.6. The minimum atomic E-state index is -3.29. The van der Waals surface area contributed by atoms with Crippen molar-refractivity contribution in [3.63, 3.8) is 0 Å². The van der Waals surface area contributed by atoms with Gasteiger partial charge in [0.2, 0.25) is 0 Å². The van der Waals surface area contributed by atoms with Gasteiger partial charge >= 0.3 is 5.69 Å². The lowest BCUT2D eigenvalue weighted by molar-refractivity contribution is 0.0835. The molecule has 0 radical (unpaired) electrons. The molecule has 1 aromatic heterocycles. The minimum absolute atomic E-state index is 0.161. The summed E-state index contributed by atoms with van der Waals surface area (Å²) in [5, 5.41) is 4.47. The number of rotatable bonds is 7. The molecule has 0 aliphatic carbocycles. The van der Waals surface area contributed by atoms with Crippen molar-refractivity contribution in [3.8, 4) is 5.75 Å². The fourth-order valence-corrected chi connectivity index (χ4v) is 3.84. The van der Waals surface area contributed by atoms with Crippen molar-refractivity contribution in [2.24, 2.45) is 5.92 Å². The van der Waals surface area contributed by atoms with Crippen LogP contribution < -0.4 is 10.4 Å². The van der Waals surface area contributed by atoms with Crippen LogP contribution in [0.3, 0.4) is 0 Å². The Kier molecular flexibility index (Phi) is 5.71. The maximum atomic E-state index is 12.6. The van der Waals surface area contributed by atoms with Crippen LogP contribution >= 0.6 is 0 Å². The van der Waals surface area contributed by atoms with Crippen LogP contribution in [-0.4, -0.2) is 42.2 Å². The second-order valence-corrected chi connectivity index (χ2v) is 8.78. The molecule has 8 nitrogen and oxygen atoms in total. The predicted molar refractivity (Wildman–Crippen MR) is 99.7 cm³/mol. The van der Waals surface area contributed by atoms with Crippen molar-refractivity contribution < 1.29 is 17.9 Å². The normalized spacial score (nSPS) is 20.1. The van der Waals surface area contributed by atoms with E-state index in [0.717, 1.165) is 12.7 Å². The number of ether oxygens (including phenoxy) is 2. The van der Waals surface area contributed by atoms with Crippen LogP contribution in [0.4, 0.5) is 0 Å². The van der Waals surface area contributed by atoms with Crippen LogP contribution in [0.1, 0.15) is 32.2 Å². The summed E-state index contributed by atoms with van der Waals surface area (Å²) in [6.07, 6.45) is 1.94. The third-order valence-corrected chi connectivity index (χ3v) is 5.83. The molecule has 1 saturated heterocycles. The van der Waals surface area contributed by atoms with Crippen LogP contribution in [0.25, 0.3) is 0 Å². The first-order valence-corrected chi connectivity index (χ1v) is 10.9. The van der Waals surface area contributed by atoms with Crippen LogP contribution in [0.5, 0.6) is 5.75 Å². The van der Waals surface area contributed by atoms with E-state index in [4.69, 9.17) is 9.47 Å². The molecule has 1 aliphatic heterocycles. The molecule has 0 unspecified atom stereocenters. The Morgan fingerprint density at radius 1 is 1.37 bits per heavy atom. The van der Waals surface area contributed by atoms with Crippen LogP contribution in [0, 0.1) is 5.92 Å². The summed E-state index contributed by atoms with van der Waals surface area (Å²) in [4.78, 5) is 12.8. The fourth-order valence-electron chi connectivity index (χ4n) is 3.18. The molecule has 0 bridgehead atoms. The Labute approximate surface area is 158 Å². The predicted octanol–water partition coefficient (Wildman–Crippen LogP) is 1.64. The Bertz CT molecular complexity index is 964. The number of benzene rings is 1. The van der Waals surface area contributed by atoms with Gasteiger partial charge in [0.15, 0.2) is 15.7 Å². The molecule has 3 rings (SSSR count). The molecule has 0 saturated carbocycles. The summed E-state index contributed by atoms with van der Waals surface area (Å²) in [6, 6.07) is 6.30. The van der Waals surface area contributed by atoms with Gasteiger partial charge in [-0.1, -0.05) is 13.0 Å². The van der Waals surface area contributed by atoms with E-state index in [1.165, 1.54) is 16.8 Å². The molecule has 148 valence electrons. The molecule has 2 heterocycles. The molecule has 2 aromatic rings. The number of sulfone groups is 1. The van der Waals surface area contributed by atoms with Crippen molar-refractivity contribution in [1.82, 2.24) is 14.3 Å². The summed E-state index contributed by atoms with van der Waals surface area (Å²) in [6.45, 7) is 5.68. The lowest BCUT2D eigenvalue weighted by Gasteiger charge is -2.13. The molecule has 0 spiro atoms. The van der Waals surface area contributed by atoms with Crippen molar-refractivity contribution in [2.75, 3.05) is 19.5 Å². The Hall–Kier alpha value is -2.13. The highest BCUT2D eigenvalue weighted by molar-refractivity contribution is 7.90. The molecule has 27 heavy (non-hydrogen) atoms. The highest BCUT2D eigenvalue weighted by atomic mass is 32.2. The van der Waals surface area contributed by atoms with Crippen LogP contribution in [0.2, 0.25) is 0 Å². The van der Waals surface area contributed by atoms with Crippen molar-refractivity contribution in [3.05, 3.63) is 40.6 Å². The van der Waals surface area contributed by atoms with Gasteiger partial charge in [0.05, 0.1) is 11.4 Å². The summed E-state index contributed by atoms with van der Waals surface area (Å²) < 4.78 is 37.7. The van der Waals surface area contributed by atoms with Crippen molar-refractivity contribution in [2.45, 2.75) is 44.4 Å². The summed E-state index contributed by atoms with van der Waals surface area (Å²) in [5.41, 5.74) is -0.191. The highest BCUT2D eigenvalue weighted by Crippen LogP contribution is 2.32. The van der Waals surface area contributed by atoms with E-state index in [2.05, 4.69) is 12.0 Å². The monoisotopic (exact) mass is 395 g/mol. The summed E-state index contributed by atoms with van der Waals surface area (Å²) in [7, 11) is -3.29. The quantitative estimate of drug-likeness (QED) is 0.708. The summed E-state index contributed by atoms with van der Waals surface area (Å²) in [5.74, 6) is 1.42. The Balaban J connectivity index is 1.72. The number of nitrogens with zero attached hydrogens (tertiary/aromatic N) is 3. The van der Waals surface area contributed by atoms with E-state index in [1.54, 1.807) is 16.7 Å². The van der Waals surface area contributed by atoms with E-state index in [-0.39, 0.29) is 29.8 Å². The van der Waals surface area contributed by atoms with Gasteiger partial charge in [-0.05, 0) is 37.5 Å². The molecule has 2 atom stereocenters. The van der Waals surface area contributed by atoms with E-state index in [1.807, 2.05) is 6.92 Å². The van der Waals surface area contributed by atoms with Gasteiger partial charge in [-0.3, -0.25) is 4.57 Å². The molecule has 0 amide bonds. The second kappa shape index (κ2) is 7.85. The lowest BCUT2D eigenvalue weighted by Crippen LogP contribution is -2.27. The van der Waals surface area contributed by atoms with Gasteiger partial charge in [0.1, 0.15) is 18.5 Å². The Morgan fingerprint density at radius 3 is 2.78 bits per heavy atom. The largest absolute Gasteiger partial charge is 0.492 e. The second-order valence-electron chi connectivity index (χ2n) is 6.76. The number of hydrogen-bond acceptors (Lipinski definition) is 6. The van der Waals surface area contributed by atoms with E-state index in [9.17, 15) is 13.2 Å². The molecule has 0 N–H and O–H groups in total. The summed E-state index contributed by atoms with van der Waals surface area (Å²) >= 11 is 0. The Morgan fingerprint density at radius 2 is 2.15 bits per heavy atom. The van der Waals surface area contributed by atoms with Gasteiger partial charge in [0, 0.05) is 19.4 Å². The fraction of sp³-hybridized carbons (Fsp3) is 0.556. The topological polar surface area (TPSA) is 92.4 Å². The molecule has 9 heteroatoms. The molecule has 1 aliphatic rings. The van der Waals surface area contributed by atoms with Crippen molar-refractivity contribution >= 4 is 9.84 Å². The number of aromatic nitrogens is 3. The van der Waals surface area contributed by atoms with Gasteiger partial charge in [-0.25, -0.2) is 17.9 Å². The van der Waals surface area contributed by atoms with Gasteiger partial charge < -0.3 is 9.47 Å². The maximum absolute atomic E-state index is 12.6. The SMILES string of the molecule is CCn1c([C@H]2OCC[C@H]2C)nn(CCOc2cccc(S(C)(=O)=O)c2)c1=O. The number of hydrogen-bond donors (Lipinski definition) is 0. The average molecular weight is 395 g/mol. The third kappa shape index (κ3) is 4.24. The molecule has 1 aromatic carbocycles. The zero-order chi connectivity index (χ0) is 19.6. The third-order valence-electron chi connectivity index (χ3n) is 4.72. The standard InChI is InChI=1S/C18H25N3O5S/c1-4-20-17(16-13(2)8-10-26-16)19-21(18(20)22)9-11-25-14-6-5-7-15(12-14)27(3,23)24/h5-7,12-13,16H,4,8-11H2,1-3H3/t13-,16+/m1/s1. The van der Waals surface area contributed by atoms with Crippen LogP contribution in [0.15, 0.2) is 34.0 Å². The maximum Gasteiger partial charge on any atom is 0.346 e. The molecular formula is C18H25N3O5S. The van der Waals surface area contributed by atoms with Crippen LogP contribution in [-0.2, 0) is 27.7 Å². The van der Waals surface area contributed by atoms with E-state index >= 15 is 0 Å². The zero-order valence-electron chi connectivity index (χ0n) is 15.8. The van der Waals surface area contributed by atoms with Crippen molar-refractivity contribution in [1.29, 1.82) is 0 Å². The lowest BCUT2D eigenvalue weighted by atomic mass is 10.0. The highest BCUT2D eigenvalue weighted by Gasteiger charge is 2.31. The first kappa shape index (κ1) is 19.6. The molecular weight excluding hydrogens is 370 g/mol. The van der Waals surface area contributed by atoms with Gasteiger partial charge in [-0.2, -0.15) is 5.10 Å².